The van der Waals surface area contributed by atoms with E-state index in [4.69, 9.17) is 9.72 Å². The standard InChI is InChI=1S/C25H30F3N7O2/c1-2-34-22(36)18-14-30-35(20-5-3-4-12-37-20)21(18)31-23(34)33-11-8-24(16-33)7-10-32(15-24)17-6-9-29-19(13-17)25(26,27)28/h6,9,13-14,20H,2-5,7-8,10-12,15-16H2,1H3. The van der Waals surface area contributed by atoms with Crippen molar-refractivity contribution in [1.29, 1.82) is 0 Å². The Hall–Kier alpha value is -3.15. The molecule has 0 aliphatic carbocycles. The van der Waals surface area contributed by atoms with Gasteiger partial charge >= 0.3 is 6.18 Å². The van der Waals surface area contributed by atoms with Crippen LogP contribution in [0.25, 0.3) is 11.0 Å². The number of fused-ring (bicyclic) bond motifs is 1. The fraction of sp³-hybridized carbons (Fsp3) is 0.600. The van der Waals surface area contributed by atoms with Gasteiger partial charge in [-0.2, -0.15) is 23.3 Å². The Morgan fingerprint density at radius 3 is 2.68 bits per heavy atom. The largest absolute Gasteiger partial charge is 0.433 e. The zero-order valence-corrected chi connectivity index (χ0v) is 20.7. The fourth-order valence-electron chi connectivity index (χ4n) is 6.03. The van der Waals surface area contributed by atoms with E-state index in [2.05, 4.69) is 15.0 Å². The van der Waals surface area contributed by atoms with Crippen molar-refractivity contribution in [1.82, 2.24) is 24.3 Å². The van der Waals surface area contributed by atoms with Crippen LogP contribution >= 0.6 is 0 Å². The summed E-state index contributed by atoms with van der Waals surface area (Å²) in [6.07, 6.45) is 2.74. The molecule has 3 aromatic rings. The Bertz CT molecular complexity index is 1360. The van der Waals surface area contributed by atoms with Gasteiger partial charge in [-0.05, 0) is 51.2 Å². The van der Waals surface area contributed by atoms with Crippen LogP contribution in [0.15, 0.2) is 29.3 Å². The lowest BCUT2D eigenvalue weighted by Gasteiger charge is -2.27. The number of alkyl halides is 3. The molecule has 3 aliphatic heterocycles. The van der Waals surface area contributed by atoms with Crippen molar-refractivity contribution in [2.75, 3.05) is 42.6 Å². The van der Waals surface area contributed by atoms with E-state index in [0.717, 1.165) is 44.7 Å². The van der Waals surface area contributed by atoms with Crippen LogP contribution < -0.4 is 15.4 Å². The fourth-order valence-corrected chi connectivity index (χ4v) is 6.03. The van der Waals surface area contributed by atoms with E-state index >= 15 is 0 Å². The first-order chi connectivity index (χ1) is 17.8. The first kappa shape index (κ1) is 24.2. The highest BCUT2D eigenvalue weighted by molar-refractivity contribution is 5.75. The van der Waals surface area contributed by atoms with Crippen molar-refractivity contribution in [3.63, 3.8) is 0 Å². The molecule has 2 unspecified atom stereocenters. The quantitative estimate of drug-likeness (QED) is 0.520. The van der Waals surface area contributed by atoms with Crippen molar-refractivity contribution in [2.45, 2.75) is 58.0 Å². The van der Waals surface area contributed by atoms with Gasteiger partial charge in [0.05, 0.1) is 6.20 Å². The van der Waals surface area contributed by atoms with Crippen LogP contribution in [0.1, 0.15) is 50.9 Å². The molecule has 0 saturated carbocycles. The molecule has 37 heavy (non-hydrogen) atoms. The van der Waals surface area contributed by atoms with Gasteiger partial charge in [0.15, 0.2) is 11.9 Å². The molecule has 3 aliphatic rings. The molecule has 6 rings (SSSR count). The number of rotatable bonds is 4. The second-order valence-corrected chi connectivity index (χ2v) is 10.3. The summed E-state index contributed by atoms with van der Waals surface area (Å²) in [5.41, 5.74) is 0.0118. The maximum atomic E-state index is 13.4. The summed E-state index contributed by atoms with van der Waals surface area (Å²) in [7, 11) is 0. The lowest BCUT2D eigenvalue weighted by Crippen LogP contribution is -2.35. The summed E-state index contributed by atoms with van der Waals surface area (Å²) in [5, 5.41) is 4.95. The molecule has 198 valence electrons. The topological polar surface area (TPSA) is 81.3 Å². The van der Waals surface area contributed by atoms with Crippen molar-refractivity contribution in [3.05, 3.63) is 40.6 Å². The van der Waals surface area contributed by atoms with Crippen LogP contribution in [0.2, 0.25) is 0 Å². The number of nitrogens with zero attached hydrogens (tertiary/aromatic N) is 7. The number of aromatic nitrogens is 5. The molecular formula is C25H30F3N7O2. The molecule has 0 bridgehead atoms. The van der Waals surface area contributed by atoms with Crippen LogP contribution in [0.3, 0.4) is 0 Å². The van der Waals surface area contributed by atoms with Gasteiger partial charge in [-0.1, -0.05) is 0 Å². The van der Waals surface area contributed by atoms with Crippen LogP contribution in [-0.4, -0.2) is 57.1 Å². The first-order valence-corrected chi connectivity index (χ1v) is 12.9. The normalized spacial score (nSPS) is 24.6. The van der Waals surface area contributed by atoms with E-state index in [1.807, 2.05) is 11.8 Å². The third-order valence-corrected chi connectivity index (χ3v) is 8.00. The lowest BCUT2D eigenvalue weighted by molar-refractivity contribution is -0.141. The highest BCUT2D eigenvalue weighted by Gasteiger charge is 2.45. The maximum Gasteiger partial charge on any atom is 0.433 e. The molecule has 6 heterocycles. The average Bonchev–Trinajstić information content (AvgIpc) is 3.63. The Morgan fingerprint density at radius 1 is 1.16 bits per heavy atom. The molecule has 0 amide bonds. The molecule has 12 heteroatoms. The third kappa shape index (κ3) is 4.24. The van der Waals surface area contributed by atoms with E-state index < -0.39 is 11.9 Å². The predicted octanol–water partition coefficient (Wildman–Crippen LogP) is 3.83. The highest BCUT2D eigenvalue weighted by atomic mass is 19.4. The Morgan fingerprint density at radius 2 is 1.95 bits per heavy atom. The Kier molecular flexibility index (Phi) is 5.89. The molecule has 0 N–H and O–H groups in total. The van der Waals surface area contributed by atoms with Crippen molar-refractivity contribution < 1.29 is 17.9 Å². The predicted molar refractivity (Wildman–Crippen MR) is 132 cm³/mol. The van der Waals surface area contributed by atoms with Crippen molar-refractivity contribution in [2.24, 2.45) is 5.41 Å². The number of hydrogen-bond acceptors (Lipinski definition) is 7. The minimum atomic E-state index is -4.47. The van der Waals surface area contributed by atoms with Gasteiger partial charge in [0, 0.05) is 56.6 Å². The zero-order chi connectivity index (χ0) is 25.8. The summed E-state index contributed by atoms with van der Waals surface area (Å²) >= 11 is 0. The third-order valence-electron chi connectivity index (χ3n) is 8.00. The zero-order valence-electron chi connectivity index (χ0n) is 20.7. The molecule has 1 spiro atoms. The molecule has 0 radical (unpaired) electrons. The van der Waals surface area contributed by atoms with Crippen molar-refractivity contribution >= 4 is 22.7 Å². The number of pyridine rings is 1. The SMILES string of the molecule is CCn1c(N2CCC3(CCN(c4ccnc(C(F)(F)F)c4)C3)C2)nc2c(cnn2C2CCCCO2)c1=O. The van der Waals surface area contributed by atoms with Gasteiger partial charge in [0.25, 0.3) is 5.56 Å². The number of hydrogen-bond donors (Lipinski definition) is 0. The summed E-state index contributed by atoms with van der Waals surface area (Å²) < 4.78 is 48.9. The first-order valence-electron chi connectivity index (χ1n) is 12.9. The molecule has 0 aromatic carbocycles. The van der Waals surface area contributed by atoms with E-state index in [-0.39, 0.29) is 17.2 Å². The molecule has 3 saturated heterocycles. The summed E-state index contributed by atoms with van der Waals surface area (Å²) in [6.45, 7) is 5.81. The van der Waals surface area contributed by atoms with Crippen LogP contribution in [-0.2, 0) is 17.5 Å². The Labute approximate surface area is 211 Å². The molecule has 2 atom stereocenters. The van der Waals surface area contributed by atoms with E-state index in [1.54, 1.807) is 21.5 Å². The number of anilines is 2. The van der Waals surface area contributed by atoms with Gasteiger partial charge in [0.1, 0.15) is 11.1 Å². The van der Waals surface area contributed by atoms with E-state index in [0.29, 0.717) is 55.5 Å². The summed E-state index contributed by atoms with van der Waals surface area (Å²) in [5.74, 6) is 0.621. The number of halogens is 3. The van der Waals surface area contributed by atoms with Gasteiger partial charge in [-0.3, -0.25) is 14.3 Å². The summed E-state index contributed by atoms with van der Waals surface area (Å²) in [4.78, 5) is 26.0. The Balaban J connectivity index is 1.28. The van der Waals surface area contributed by atoms with E-state index in [9.17, 15) is 18.0 Å². The maximum absolute atomic E-state index is 13.4. The van der Waals surface area contributed by atoms with Crippen LogP contribution in [0.4, 0.5) is 24.8 Å². The van der Waals surface area contributed by atoms with Gasteiger partial charge in [0.2, 0.25) is 5.95 Å². The van der Waals surface area contributed by atoms with Crippen LogP contribution in [0, 0.1) is 5.41 Å². The van der Waals surface area contributed by atoms with E-state index in [1.165, 1.54) is 6.20 Å². The lowest BCUT2D eigenvalue weighted by atomic mass is 9.86. The summed E-state index contributed by atoms with van der Waals surface area (Å²) in [6, 6.07) is 2.77. The van der Waals surface area contributed by atoms with Gasteiger partial charge in [-0.25, -0.2) is 4.68 Å². The molecular weight excluding hydrogens is 487 g/mol. The average molecular weight is 518 g/mol. The van der Waals surface area contributed by atoms with Gasteiger partial charge in [-0.15, -0.1) is 0 Å². The molecule has 3 fully saturated rings. The molecule has 9 nitrogen and oxygen atoms in total. The van der Waals surface area contributed by atoms with Gasteiger partial charge < -0.3 is 14.5 Å². The second kappa shape index (κ2) is 9.00. The second-order valence-electron chi connectivity index (χ2n) is 10.3. The highest BCUT2D eigenvalue weighted by Crippen LogP contribution is 2.43. The smallest absolute Gasteiger partial charge is 0.371 e. The number of ether oxygens (including phenoxy) is 1. The monoisotopic (exact) mass is 517 g/mol. The van der Waals surface area contributed by atoms with Crippen LogP contribution in [0.5, 0.6) is 0 Å². The van der Waals surface area contributed by atoms with Crippen molar-refractivity contribution in [3.8, 4) is 0 Å². The minimum Gasteiger partial charge on any atom is -0.371 e. The molecule has 3 aromatic heterocycles. The minimum absolute atomic E-state index is 0.0837.